The van der Waals surface area contributed by atoms with Crippen molar-refractivity contribution in [2.24, 2.45) is 23.5 Å². The van der Waals surface area contributed by atoms with Gasteiger partial charge in [-0.15, -0.1) is 0 Å². The first kappa shape index (κ1) is 45.4. The minimum atomic E-state index is -1.25. The molecule has 0 aliphatic carbocycles. The fourth-order valence-electron chi connectivity index (χ4n) is 5.84. The molecule has 14 heteroatoms. The number of nitrogens with two attached hydrogens (primary N) is 1. The van der Waals surface area contributed by atoms with Crippen LogP contribution in [0.15, 0.2) is 60.7 Å². The number of benzene rings is 2. The van der Waals surface area contributed by atoms with E-state index in [1.807, 2.05) is 24.3 Å². The summed E-state index contributed by atoms with van der Waals surface area (Å²) in [7, 11) is 2.92. The van der Waals surface area contributed by atoms with E-state index in [0.717, 1.165) is 11.1 Å². The molecule has 0 aromatic heterocycles. The summed E-state index contributed by atoms with van der Waals surface area (Å²) >= 11 is 0. The summed E-state index contributed by atoms with van der Waals surface area (Å²) in [6.07, 6.45) is -1.86. The van der Waals surface area contributed by atoms with Crippen molar-refractivity contribution in [2.45, 2.75) is 59.1 Å². The van der Waals surface area contributed by atoms with E-state index >= 15 is 0 Å². The third-order valence-electron chi connectivity index (χ3n) is 9.18. The van der Waals surface area contributed by atoms with Gasteiger partial charge in [-0.3, -0.25) is 33.6 Å². The van der Waals surface area contributed by atoms with E-state index < -0.39 is 72.7 Å². The highest BCUT2D eigenvalue weighted by atomic mass is 16.5. The number of nitrogens with zero attached hydrogens (tertiary/aromatic N) is 3. The fraction of sp³-hybridized carbons (Fsp3) is 0.525. The van der Waals surface area contributed by atoms with E-state index in [4.69, 9.17) is 15.2 Å². The molecule has 0 heterocycles. The number of rotatable bonds is 26. The number of ketones is 3. The molecule has 2 aromatic rings. The molecule has 14 nitrogen and oxygen atoms in total. The van der Waals surface area contributed by atoms with E-state index in [-0.39, 0.29) is 70.3 Å². The number of Topliss-reactive ketones (excluding diaryl/α,β-unsaturated/α-hetero) is 3. The van der Waals surface area contributed by atoms with Crippen molar-refractivity contribution in [2.75, 3.05) is 60.2 Å². The molecular weight excluding hydrogens is 696 g/mol. The van der Waals surface area contributed by atoms with Crippen LogP contribution in [0, 0.1) is 17.8 Å². The smallest absolute Gasteiger partial charge is 0.242 e. The molecule has 2 rings (SSSR count). The summed E-state index contributed by atoms with van der Waals surface area (Å²) in [6, 6.07) is 18.1. The van der Waals surface area contributed by atoms with Crippen LogP contribution in [0.1, 0.15) is 51.2 Å². The maximum atomic E-state index is 13.8. The average molecular weight is 753 g/mol. The zero-order valence-corrected chi connectivity index (χ0v) is 32.1. The van der Waals surface area contributed by atoms with Gasteiger partial charge >= 0.3 is 0 Å². The van der Waals surface area contributed by atoms with Crippen LogP contribution in [-0.2, 0) is 56.0 Å². The highest BCUT2D eigenvalue weighted by Gasteiger charge is 2.33. The lowest BCUT2D eigenvalue weighted by Crippen LogP contribution is -2.49. The summed E-state index contributed by atoms with van der Waals surface area (Å²) in [5.41, 5.74) is 6.94. The average Bonchev–Trinajstić information content (AvgIpc) is 3.13. The van der Waals surface area contributed by atoms with Crippen LogP contribution in [-0.4, -0.2) is 127 Å². The van der Waals surface area contributed by atoms with Gasteiger partial charge in [0.2, 0.25) is 23.6 Å². The zero-order chi connectivity index (χ0) is 40.2. The first-order chi connectivity index (χ1) is 25.7. The molecule has 4 amide bonds. The van der Waals surface area contributed by atoms with Gasteiger partial charge < -0.3 is 35.0 Å². The highest BCUT2D eigenvalue weighted by molar-refractivity contribution is 5.95. The van der Waals surface area contributed by atoms with Crippen molar-refractivity contribution in [1.82, 2.24) is 14.7 Å². The number of hydrogen-bond donors (Lipinski definition) is 2. The molecule has 4 unspecified atom stereocenters. The zero-order valence-electron chi connectivity index (χ0n) is 32.1. The van der Waals surface area contributed by atoms with Crippen LogP contribution in [0.2, 0.25) is 0 Å². The summed E-state index contributed by atoms with van der Waals surface area (Å²) < 4.78 is 10.3. The van der Waals surface area contributed by atoms with Gasteiger partial charge in [0.1, 0.15) is 18.1 Å². The second-order valence-electron chi connectivity index (χ2n) is 13.6. The number of methoxy groups -OCH3 is 2. The van der Waals surface area contributed by atoms with Crippen LogP contribution >= 0.6 is 0 Å². The molecule has 0 saturated heterocycles. The SMILES string of the molecule is COCCN(CC(=O)N(CC(=O)N(CCOC)CC(=O)CC(C(=O)CC(Cc1ccccc1)C(=O)CC(C)C(N)=O)C(C)O)Cc1ccccc1)C(C)=O. The molecule has 54 heavy (non-hydrogen) atoms. The quantitative estimate of drug-likeness (QED) is 0.143. The first-order valence-electron chi connectivity index (χ1n) is 18.1. The van der Waals surface area contributed by atoms with E-state index in [0.29, 0.717) is 0 Å². The van der Waals surface area contributed by atoms with Crippen molar-refractivity contribution in [3.05, 3.63) is 71.8 Å². The van der Waals surface area contributed by atoms with Crippen molar-refractivity contribution < 1.29 is 48.1 Å². The second kappa shape index (κ2) is 23.8. The molecule has 0 aliphatic heterocycles. The lowest BCUT2D eigenvalue weighted by atomic mass is 9.82. The Morgan fingerprint density at radius 1 is 0.685 bits per heavy atom. The highest BCUT2D eigenvalue weighted by Crippen LogP contribution is 2.23. The van der Waals surface area contributed by atoms with Gasteiger partial charge in [0.25, 0.3) is 0 Å². The standard InChI is InChI=1S/C40H56N4O10/c1-28(40(41)52)20-36(48)33(21-31-12-8-6-9-13-31)22-37(49)35(29(2)45)23-34(47)25-43(17-19-54-5)38(50)27-44(24-32-14-10-7-11-15-32)39(51)26-42(30(3)46)16-18-53-4/h6-15,28-29,33,35,45H,16-27H2,1-5H3,(H2,41,52). The van der Waals surface area contributed by atoms with Crippen LogP contribution in [0.5, 0.6) is 0 Å². The Balaban J connectivity index is 2.26. The Labute approximate surface area is 317 Å². The Morgan fingerprint density at radius 3 is 1.72 bits per heavy atom. The van der Waals surface area contributed by atoms with E-state index in [1.54, 1.807) is 36.4 Å². The molecule has 0 radical (unpaired) electrons. The number of hydrogen-bond acceptors (Lipinski definition) is 10. The Kier molecular flexibility index (Phi) is 20.0. The molecule has 0 bridgehead atoms. The summed E-state index contributed by atoms with van der Waals surface area (Å²) in [5, 5.41) is 10.7. The Bertz CT molecular complexity index is 1540. The summed E-state index contributed by atoms with van der Waals surface area (Å²) in [5.74, 6) is -6.10. The number of carbonyl (C=O) groups is 7. The second-order valence-corrected chi connectivity index (χ2v) is 13.6. The summed E-state index contributed by atoms with van der Waals surface area (Å²) in [4.78, 5) is 95.8. The van der Waals surface area contributed by atoms with Gasteiger partial charge in [-0.1, -0.05) is 67.6 Å². The van der Waals surface area contributed by atoms with Crippen molar-refractivity contribution in [1.29, 1.82) is 0 Å². The Morgan fingerprint density at radius 2 is 1.20 bits per heavy atom. The van der Waals surface area contributed by atoms with Crippen LogP contribution in [0.4, 0.5) is 0 Å². The molecular formula is C40H56N4O10. The van der Waals surface area contributed by atoms with Gasteiger partial charge in [0.15, 0.2) is 5.78 Å². The lowest BCUT2D eigenvalue weighted by molar-refractivity contribution is -0.145. The van der Waals surface area contributed by atoms with Gasteiger partial charge in [0.05, 0.1) is 38.3 Å². The van der Waals surface area contributed by atoms with Gasteiger partial charge in [0, 0.05) is 71.9 Å². The van der Waals surface area contributed by atoms with Gasteiger partial charge in [-0.05, 0) is 24.5 Å². The van der Waals surface area contributed by atoms with E-state index in [2.05, 4.69) is 0 Å². The van der Waals surface area contributed by atoms with Crippen LogP contribution in [0.3, 0.4) is 0 Å². The molecule has 4 atom stereocenters. The number of ether oxygens (including phenoxy) is 2. The predicted octanol–water partition coefficient (Wildman–Crippen LogP) is 1.84. The molecule has 0 spiro atoms. The molecule has 0 saturated carbocycles. The van der Waals surface area contributed by atoms with Crippen LogP contribution < -0.4 is 5.73 Å². The minimum Gasteiger partial charge on any atom is -0.393 e. The molecule has 0 fully saturated rings. The number of aliphatic hydroxyl groups excluding tert-OH is 1. The minimum absolute atomic E-state index is 0.000835. The van der Waals surface area contributed by atoms with Gasteiger partial charge in [-0.25, -0.2) is 0 Å². The summed E-state index contributed by atoms with van der Waals surface area (Å²) in [6.45, 7) is 3.66. The van der Waals surface area contributed by atoms with Crippen LogP contribution in [0.25, 0.3) is 0 Å². The maximum absolute atomic E-state index is 13.8. The van der Waals surface area contributed by atoms with E-state index in [1.165, 1.54) is 49.7 Å². The number of aliphatic hydroxyl groups is 1. The fourth-order valence-corrected chi connectivity index (χ4v) is 5.84. The predicted molar refractivity (Wildman–Crippen MR) is 200 cm³/mol. The van der Waals surface area contributed by atoms with E-state index in [9.17, 15) is 38.7 Å². The maximum Gasteiger partial charge on any atom is 0.242 e. The third-order valence-corrected chi connectivity index (χ3v) is 9.18. The molecule has 296 valence electrons. The van der Waals surface area contributed by atoms with Crippen molar-refractivity contribution >= 4 is 41.0 Å². The molecule has 3 N–H and O–H groups in total. The van der Waals surface area contributed by atoms with Gasteiger partial charge in [-0.2, -0.15) is 0 Å². The largest absolute Gasteiger partial charge is 0.393 e. The topological polar surface area (TPSA) is 194 Å². The Hall–Kier alpha value is -4.79. The lowest BCUT2D eigenvalue weighted by Gasteiger charge is -2.30. The number of primary amides is 1. The molecule has 2 aromatic carbocycles. The third kappa shape index (κ3) is 16.1. The first-order valence-corrected chi connectivity index (χ1v) is 18.1. The normalized spacial score (nSPS) is 13.2. The van der Waals surface area contributed by atoms with Crippen molar-refractivity contribution in [3.8, 4) is 0 Å². The molecule has 0 aliphatic rings. The van der Waals surface area contributed by atoms with Crippen molar-refractivity contribution in [3.63, 3.8) is 0 Å². The monoisotopic (exact) mass is 752 g/mol. The number of carbonyl (C=O) groups excluding carboxylic acids is 7. The number of amides is 4.